The fraction of sp³-hybridized carbons (Fsp3) is 0.300. The Kier molecular flexibility index (Phi) is 4.03. The molecule has 1 heterocycles. The van der Waals surface area contributed by atoms with Gasteiger partial charge in [0.05, 0.1) is 17.6 Å². The molecule has 0 spiro atoms. The lowest BCUT2D eigenvalue weighted by Crippen LogP contribution is -2.27. The summed E-state index contributed by atoms with van der Waals surface area (Å²) in [6.07, 6.45) is 1.58. The number of rotatable bonds is 5. The Labute approximate surface area is 151 Å². The van der Waals surface area contributed by atoms with Crippen molar-refractivity contribution in [3.63, 3.8) is 0 Å². The molecule has 0 saturated heterocycles. The number of anilines is 1. The first-order valence-corrected chi connectivity index (χ1v) is 8.61. The number of carbonyl (C=O) groups excluding carboxylic acids is 2. The largest absolute Gasteiger partial charge is 0.462 e. The van der Waals surface area contributed by atoms with Gasteiger partial charge in [-0.05, 0) is 61.7 Å². The van der Waals surface area contributed by atoms with E-state index in [0.29, 0.717) is 29.4 Å². The molecule has 1 aliphatic carbocycles. The smallest absolute Gasteiger partial charge is 0.338 e. The van der Waals surface area contributed by atoms with E-state index in [9.17, 15) is 9.59 Å². The molecule has 2 aliphatic rings. The second-order valence-electron chi connectivity index (χ2n) is 6.40. The Morgan fingerprint density at radius 1 is 1.08 bits per heavy atom. The zero-order valence-corrected chi connectivity index (χ0v) is 14.4. The van der Waals surface area contributed by atoms with Crippen LogP contribution >= 0.6 is 0 Å². The highest BCUT2D eigenvalue weighted by atomic mass is 16.7. The van der Waals surface area contributed by atoms with E-state index in [1.54, 1.807) is 31.2 Å². The Morgan fingerprint density at radius 3 is 2.50 bits per heavy atom. The van der Waals surface area contributed by atoms with Gasteiger partial charge in [0.25, 0.3) is 0 Å². The molecule has 6 heteroatoms. The maximum absolute atomic E-state index is 12.8. The van der Waals surface area contributed by atoms with E-state index in [0.717, 1.165) is 18.4 Å². The van der Waals surface area contributed by atoms with Gasteiger partial charge in [-0.1, -0.05) is 6.07 Å². The summed E-state index contributed by atoms with van der Waals surface area (Å²) in [5, 5.41) is 2.95. The predicted molar refractivity (Wildman–Crippen MR) is 94.5 cm³/mol. The van der Waals surface area contributed by atoms with Gasteiger partial charge in [0.2, 0.25) is 12.7 Å². The van der Waals surface area contributed by atoms with Crippen molar-refractivity contribution in [3.8, 4) is 11.5 Å². The lowest BCUT2D eigenvalue weighted by Gasteiger charge is -2.16. The number of ether oxygens (including phenoxy) is 3. The van der Waals surface area contributed by atoms with Gasteiger partial charge < -0.3 is 19.5 Å². The molecule has 1 N–H and O–H groups in total. The van der Waals surface area contributed by atoms with Crippen LogP contribution in [-0.4, -0.2) is 25.3 Å². The Hall–Kier alpha value is -3.02. The lowest BCUT2D eigenvalue weighted by atomic mass is 9.94. The molecule has 1 aliphatic heterocycles. The van der Waals surface area contributed by atoms with E-state index in [2.05, 4.69) is 5.32 Å². The molecule has 0 radical (unpaired) electrons. The van der Waals surface area contributed by atoms with Crippen molar-refractivity contribution in [2.75, 3.05) is 18.7 Å². The zero-order valence-electron chi connectivity index (χ0n) is 14.4. The normalized spacial score (nSPS) is 16.0. The zero-order chi connectivity index (χ0) is 18.1. The van der Waals surface area contributed by atoms with Gasteiger partial charge in [0, 0.05) is 5.69 Å². The van der Waals surface area contributed by atoms with E-state index in [1.165, 1.54) is 0 Å². The molecule has 2 aromatic rings. The molecule has 0 atom stereocenters. The summed E-state index contributed by atoms with van der Waals surface area (Å²) < 4.78 is 15.7. The fourth-order valence-electron chi connectivity index (χ4n) is 3.12. The standard InChI is InChI=1S/C20H19NO5/c1-2-24-18(22)13-3-6-15(7-4-13)21-19(23)20(9-10-20)14-5-8-16-17(11-14)26-12-25-16/h3-8,11H,2,9-10,12H2,1H3,(H,21,23). The predicted octanol–water partition coefficient (Wildman–Crippen LogP) is 3.26. The number of benzene rings is 2. The van der Waals surface area contributed by atoms with Gasteiger partial charge in [-0.15, -0.1) is 0 Å². The highest BCUT2D eigenvalue weighted by molar-refractivity contribution is 6.01. The van der Waals surface area contributed by atoms with Crippen LogP contribution in [0.4, 0.5) is 5.69 Å². The van der Waals surface area contributed by atoms with Crippen LogP contribution in [0, 0.1) is 0 Å². The Bertz CT molecular complexity index is 855. The van der Waals surface area contributed by atoms with Crippen LogP contribution in [-0.2, 0) is 14.9 Å². The van der Waals surface area contributed by atoms with Gasteiger partial charge in [-0.25, -0.2) is 4.79 Å². The average molecular weight is 353 g/mol. The summed E-state index contributed by atoms with van der Waals surface area (Å²) in [4.78, 5) is 24.5. The SMILES string of the molecule is CCOC(=O)c1ccc(NC(=O)C2(c3ccc4c(c3)OCO4)CC2)cc1. The van der Waals surface area contributed by atoms with Crippen molar-refractivity contribution >= 4 is 17.6 Å². The minimum absolute atomic E-state index is 0.0553. The summed E-state index contributed by atoms with van der Waals surface area (Å²) in [7, 11) is 0. The third-order valence-corrected chi connectivity index (χ3v) is 4.76. The summed E-state index contributed by atoms with van der Waals surface area (Å²) in [6.45, 7) is 2.30. The molecule has 1 saturated carbocycles. The maximum Gasteiger partial charge on any atom is 0.338 e. The molecular formula is C20H19NO5. The number of hydrogen-bond acceptors (Lipinski definition) is 5. The first-order chi connectivity index (χ1) is 12.6. The number of nitrogens with one attached hydrogen (secondary N) is 1. The van der Waals surface area contributed by atoms with Crippen molar-refractivity contribution in [2.45, 2.75) is 25.2 Å². The van der Waals surface area contributed by atoms with Gasteiger partial charge in [0.15, 0.2) is 11.5 Å². The van der Waals surface area contributed by atoms with Crippen molar-refractivity contribution in [1.82, 2.24) is 0 Å². The van der Waals surface area contributed by atoms with Crippen LogP contribution in [0.2, 0.25) is 0 Å². The molecule has 26 heavy (non-hydrogen) atoms. The highest BCUT2D eigenvalue weighted by Crippen LogP contribution is 2.51. The average Bonchev–Trinajstić information content (AvgIpc) is 3.34. The van der Waals surface area contributed by atoms with E-state index >= 15 is 0 Å². The van der Waals surface area contributed by atoms with Crippen LogP contribution in [0.15, 0.2) is 42.5 Å². The van der Waals surface area contributed by atoms with Crippen molar-refractivity contribution in [3.05, 3.63) is 53.6 Å². The Morgan fingerprint density at radius 2 is 1.81 bits per heavy atom. The second kappa shape index (κ2) is 6.37. The third-order valence-electron chi connectivity index (χ3n) is 4.76. The van der Waals surface area contributed by atoms with Crippen molar-refractivity contribution in [1.29, 1.82) is 0 Å². The van der Waals surface area contributed by atoms with Crippen molar-refractivity contribution in [2.24, 2.45) is 0 Å². The Balaban J connectivity index is 1.48. The van der Waals surface area contributed by atoms with E-state index < -0.39 is 5.41 Å². The minimum atomic E-state index is -0.527. The number of amides is 1. The lowest BCUT2D eigenvalue weighted by molar-refractivity contribution is -0.118. The van der Waals surface area contributed by atoms with Crippen LogP contribution in [0.5, 0.6) is 11.5 Å². The van der Waals surface area contributed by atoms with Crippen LogP contribution in [0.3, 0.4) is 0 Å². The summed E-state index contributed by atoms with van der Waals surface area (Å²) in [5.74, 6) is 0.963. The van der Waals surface area contributed by atoms with Gasteiger partial charge in [0.1, 0.15) is 0 Å². The highest BCUT2D eigenvalue weighted by Gasteiger charge is 2.51. The number of hydrogen-bond donors (Lipinski definition) is 1. The summed E-state index contributed by atoms with van der Waals surface area (Å²) in [5.41, 5.74) is 1.51. The van der Waals surface area contributed by atoms with Crippen LogP contribution in [0.1, 0.15) is 35.7 Å². The second-order valence-corrected chi connectivity index (χ2v) is 6.40. The molecule has 4 rings (SSSR count). The molecule has 0 bridgehead atoms. The quantitative estimate of drug-likeness (QED) is 0.835. The molecule has 134 valence electrons. The molecule has 0 aromatic heterocycles. The molecular weight excluding hydrogens is 334 g/mol. The first-order valence-electron chi connectivity index (χ1n) is 8.61. The summed E-state index contributed by atoms with van der Waals surface area (Å²) in [6, 6.07) is 12.4. The van der Waals surface area contributed by atoms with Gasteiger partial charge in [-0.3, -0.25) is 4.79 Å². The molecule has 1 amide bonds. The number of fused-ring (bicyclic) bond motifs is 1. The van der Waals surface area contributed by atoms with E-state index in [1.807, 2.05) is 18.2 Å². The van der Waals surface area contributed by atoms with Crippen LogP contribution < -0.4 is 14.8 Å². The fourth-order valence-corrected chi connectivity index (χ4v) is 3.12. The first kappa shape index (κ1) is 16.4. The molecule has 6 nitrogen and oxygen atoms in total. The van der Waals surface area contributed by atoms with Gasteiger partial charge in [-0.2, -0.15) is 0 Å². The number of carbonyl (C=O) groups is 2. The topological polar surface area (TPSA) is 73.9 Å². The maximum atomic E-state index is 12.8. The van der Waals surface area contributed by atoms with Crippen LogP contribution in [0.25, 0.3) is 0 Å². The molecule has 2 aromatic carbocycles. The van der Waals surface area contributed by atoms with Gasteiger partial charge >= 0.3 is 5.97 Å². The van der Waals surface area contributed by atoms with E-state index in [-0.39, 0.29) is 18.7 Å². The van der Waals surface area contributed by atoms with Crippen molar-refractivity contribution < 1.29 is 23.8 Å². The number of esters is 1. The molecule has 0 unspecified atom stereocenters. The third kappa shape index (κ3) is 2.87. The van der Waals surface area contributed by atoms with E-state index in [4.69, 9.17) is 14.2 Å². The molecule has 1 fully saturated rings. The minimum Gasteiger partial charge on any atom is -0.462 e. The monoisotopic (exact) mass is 353 g/mol. The summed E-state index contributed by atoms with van der Waals surface area (Å²) >= 11 is 0.